The number of anilines is 1. The average molecular weight is 338 g/mol. The van der Waals surface area contributed by atoms with E-state index in [9.17, 15) is 9.59 Å². The Kier molecular flexibility index (Phi) is 4.70. The number of hydrogen-bond donors (Lipinski definition) is 2. The van der Waals surface area contributed by atoms with Crippen LogP contribution in [0.2, 0.25) is 0 Å². The van der Waals surface area contributed by atoms with E-state index >= 15 is 0 Å². The number of ether oxygens (including phenoxy) is 1. The highest BCUT2D eigenvalue weighted by atomic mass is 16.5. The van der Waals surface area contributed by atoms with Crippen molar-refractivity contribution in [3.05, 3.63) is 59.9 Å². The largest absolute Gasteiger partial charge is 0.497 e. The summed E-state index contributed by atoms with van der Waals surface area (Å²) in [6, 6.07) is 12.3. The smallest absolute Gasteiger partial charge is 0.251 e. The van der Waals surface area contributed by atoms with E-state index in [-0.39, 0.29) is 18.2 Å². The fraction of sp³-hybridized carbons (Fsp3) is 0.158. The van der Waals surface area contributed by atoms with Gasteiger partial charge in [-0.3, -0.25) is 9.59 Å². The molecule has 3 aromatic rings. The van der Waals surface area contributed by atoms with Gasteiger partial charge in [0.25, 0.3) is 5.91 Å². The number of methoxy groups -OCH3 is 1. The SMILES string of the molecule is CNC(=O)c1cccc(NC(=O)Cc2coc3cc(OC)ccc23)c1. The molecule has 3 rings (SSSR count). The maximum Gasteiger partial charge on any atom is 0.251 e. The van der Waals surface area contributed by atoms with Crippen LogP contribution in [0.25, 0.3) is 11.0 Å². The zero-order valence-corrected chi connectivity index (χ0v) is 14.0. The van der Waals surface area contributed by atoms with Gasteiger partial charge in [0.15, 0.2) is 0 Å². The molecule has 1 heterocycles. The summed E-state index contributed by atoms with van der Waals surface area (Å²) in [6.45, 7) is 0. The molecule has 0 saturated carbocycles. The Balaban J connectivity index is 1.74. The fourth-order valence-corrected chi connectivity index (χ4v) is 2.59. The molecule has 6 heteroatoms. The molecule has 2 aromatic carbocycles. The number of benzene rings is 2. The number of nitrogens with one attached hydrogen (secondary N) is 2. The minimum absolute atomic E-state index is 0.170. The standard InChI is InChI=1S/C19H18N2O4/c1-20-19(23)12-4-3-5-14(8-12)21-18(22)9-13-11-25-17-10-15(24-2)6-7-16(13)17/h3-8,10-11H,9H2,1-2H3,(H,20,23)(H,21,22). The van der Waals surface area contributed by atoms with Gasteiger partial charge < -0.3 is 19.8 Å². The van der Waals surface area contributed by atoms with Crippen molar-refractivity contribution in [2.75, 3.05) is 19.5 Å². The molecule has 2 N–H and O–H groups in total. The van der Waals surface area contributed by atoms with E-state index in [1.54, 1.807) is 50.8 Å². The summed E-state index contributed by atoms with van der Waals surface area (Å²) in [4.78, 5) is 24.0. The highest BCUT2D eigenvalue weighted by Crippen LogP contribution is 2.26. The Bertz CT molecular complexity index is 930. The predicted molar refractivity (Wildman–Crippen MR) is 94.9 cm³/mol. The number of rotatable bonds is 5. The minimum Gasteiger partial charge on any atom is -0.497 e. The maximum absolute atomic E-state index is 12.3. The van der Waals surface area contributed by atoms with Gasteiger partial charge in [0.2, 0.25) is 5.91 Å². The van der Waals surface area contributed by atoms with Crippen LogP contribution in [0.4, 0.5) is 5.69 Å². The molecule has 0 saturated heterocycles. The Morgan fingerprint density at radius 2 is 2.00 bits per heavy atom. The first-order chi connectivity index (χ1) is 12.1. The van der Waals surface area contributed by atoms with Gasteiger partial charge in [-0.25, -0.2) is 0 Å². The molecule has 0 spiro atoms. The van der Waals surface area contributed by atoms with Crippen molar-refractivity contribution in [1.82, 2.24) is 5.32 Å². The zero-order valence-electron chi connectivity index (χ0n) is 14.0. The fourth-order valence-electron chi connectivity index (χ4n) is 2.59. The quantitative estimate of drug-likeness (QED) is 0.749. The number of hydrogen-bond acceptors (Lipinski definition) is 4. The molecule has 0 fully saturated rings. The molecular weight excluding hydrogens is 320 g/mol. The van der Waals surface area contributed by atoms with E-state index < -0.39 is 0 Å². The second kappa shape index (κ2) is 7.09. The minimum atomic E-state index is -0.203. The van der Waals surface area contributed by atoms with Crippen molar-refractivity contribution < 1.29 is 18.7 Å². The van der Waals surface area contributed by atoms with Crippen molar-refractivity contribution in [1.29, 1.82) is 0 Å². The summed E-state index contributed by atoms with van der Waals surface area (Å²) in [7, 11) is 3.15. The molecule has 0 aliphatic rings. The third-order valence-corrected chi connectivity index (χ3v) is 3.85. The number of carbonyl (C=O) groups excluding carboxylic acids is 2. The van der Waals surface area contributed by atoms with Gasteiger partial charge in [-0.2, -0.15) is 0 Å². The summed E-state index contributed by atoms with van der Waals surface area (Å²) >= 11 is 0. The van der Waals surface area contributed by atoms with Crippen LogP contribution in [-0.2, 0) is 11.2 Å². The Morgan fingerprint density at radius 1 is 1.16 bits per heavy atom. The lowest BCUT2D eigenvalue weighted by molar-refractivity contribution is -0.115. The number of amides is 2. The number of carbonyl (C=O) groups is 2. The molecule has 0 radical (unpaired) electrons. The van der Waals surface area contributed by atoms with Crippen molar-refractivity contribution >= 4 is 28.5 Å². The molecule has 1 aromatic heterocycles. The van der Waals surface area contributed by atoms with Gasteiger partial charge in [-0.15, -0.1) is 0 Å². The van der Waals surface area contributed by atoms with Crippen LogP contribution in [-0.4, -0.2) is 26.0 Å². The topological polar surface area (TPSA) is 80.6 Å². The third-order valence-electron chi connectivity index (χ3n) is 3.85. The van der Waals surface area contributed by atoms with Crippen LogP contribution in [0.5, 0.6) is 5.75 Å². The molecule has 25 heavy (non-hydrogen) atoms. The highest BCUT2D eigenvalue weighted by Gasteiger charge is 2.12. The van der Waals surface area contributed by atoms with Crippen LogP contribution >= 0.6 is 0 Å². The molecule has 0 aliphatic carbocycles. The molecule has 128 valence electrons. The van der Waals surface area contributed by atoms with E-state index in [4.69, 9.17) is 9.15 Å². The summed E-state index contributed by atoms with van der Waals surface area (Å²) in [5, 5.41) is 6.23. The second-order valence-electron chi connectivity index (χ2n) is 5.51. The summed E-state index contributed by atoms with van der Waals surface area (Å²) < 4.78 is 10.7. The van der Waals surface area contributed by atoms with E-state index in [0.29, 0.717) is 22.6 Å². The van der Waals surface area contributed by atoms with E-state index in [0.717, 1.165) is 10.9 Å². The first kappa shape index (κ1) is 16.6. The maximum atomic E-state index is 12.3. The van der Waals surface area contributed by atoms with Gasteiger partial charge in [0.1, 0.15) is 11.3 Å². The van der Waals surface area contributed by atoms with Gasteiger partial charge in [-0.1, -0.05) is 6.07 Å². The van der Waals surface area contributed by atoms with Crippen LogP contribution < -0.4 is 15.4 Å². The van der Waals surface area contributed by atoms with Crippen LogP contribution in [0.1, 0.15) is 15.9 Å². The van der Waals surface area contributed by atoms with Crippen LogP contribution in [0.3, 0.4) is 0 Å². The van der Waals surface area contributed by atoms with Gasteiger partial charge in [-0.05, 0) is 30.3 Å². The predicted octanol–water partition coefficient (Wildman–Crippen LogP) is 2.98. The molecule has 0 unspecified atom stereocenters. The van der Waals surface area contributed by atoms with E-state index in [1.165, 1.54) is 0 Å². The zero-order chi connectivity index (χ0) is 17.8. The van der Waals surface area contributed by atoms with Gasteiger partial charge in [0, 0.05) is 35.3 Å². The first-order valence-corrected chi connectivity index (χ1v) is 7.77. The number of fused-ring (bicyclic) bond motifs is 1. The number of furan rings is 1. The molecular formula is C19H18N2O4. The van der Waals surface area contributed by atoms with Crippen LogP contribution in [0, 0.1) is 0 Å². The summed E-state index contributed by atoms with van der Waals surface area (Å²) in [5.74, 6) is 0.308. The van der Waals surface area contributed by atoms with Crippen molar-refractivity contribution in [3.63, 3.8) is 0 Å². The molecule has 6 nitrogen and oxygen atoms in total. The molecule has 0 aliphatic heterocycles. The lowest BCUT2D eigenvalue weighted by Gasteiger charge is -2.06. The Hall–Kier alpha value is -3.28. The van der Waals surface area contributed by atoms with E-state index in [2.05, 4.69) is 10.6 Å². The molecule has 0 atom stereocenters. The highest BCUT2D eigenvalue weighted by molar-refractivity contribution is 5.98. The van der Waals surface area contributed by atoms with Crippen LogP contribution in [0.15, 0.2) is 53.1 Å². The Morgan fingerprint density at radius 3 is 2.76 bits per heavy atom. The lowest BCUT2D eigenvalue weighted by atomic mass is 10.1. The Labute approximate surface area is 144 Å². The van der Waals surface area contributed by atoms with Gasteiger partial charge in [0.05, 0.1) is 19.8 Å². The van der Waals surface area contributed by atoms with Crippen molar-refractivity contribution in [2.45, 2.75) is 6.42 Å². The van der Waals surface area contributed by atoms with E-state index in [1.807, 2.05) is 12.1 Å². The second-order valence-corrected chi connectivity index (χ2v) is 5.51. The summed E-state index contributed by atoms with van der Waals surface area (Å²) in [6.07, 6.45) is 1.74. The normalized spacial score (nSPS) is 10.5. The monoisotopic (exact) mass is 338 g/mol. The molecule has 0 bridgehead atoms. The van der Waals surface area contributed by atoms with Crippen molar-refractivity contribution in [3.8, 4) is 5.75 Å². The lowest BCUT2D eigenvalue weighted by Crippen LogP contribution is -2.19. The third kappa shape index (κ3) is 3.63. The molecule has 2 amide bonds. The first-order valence-electron chi connectivity index (χ1n) is 7.77. The van der Waals surface area contributed by atoms with Crippen molar-refractivity contribution in [2.24, 2.45) is 0 Å². The average Bonchev–Trinajstić information content (AvgIpc) is 3.03. The summed E-state index contributed by atoms with van der Waals surface area (Å²) in [5.41, 5.74) is 2.52. The van der Waals surface area contributed by atoms with Gasteiger partial charge >= 0.3 is 0 Å².